The first-order valence-corrected chi connectivity index (χ1v) is 9.62. The number of aliphatic carboxylic acids is 1. The van der Waals surface area contributed by atoms with Gasteiger partial charge in [-0.1, -0.05) is 54.6 Å². The van der Waals surface area contributed by atoms with E-state index in [1.54, 1.807) is 45.0 Å². The highest BCUT2D eigenvalue weighted by atomic mass is 16.6. The SMILES string of the molecule is CC(C)(C)OC(=O)N[C@@H](Cc1ccc(CC(=O)OCc2ccccc2)cc1)C(=O)O. The van der Waals surface area contributed by atoms with Crippen LogP contribution in [-0.4, -0.2) is 34.8 Å². The van der Waals surface area contributed by atoms with Gasteiger partial charge in [0.2, 0.25) is 0 Å². The van der Waals surface area contributed by atoms with E-state index in [0.29, 0.717) is 5.56 Å². The van der Waals surface area contributed by atoms with Crippen molar-refractivity contribution in [3.05, 3.63) is 71.3 Å². The summed E-state index contributed by atoms with van der Waals surface area (Å²) in [5, 5.41) is 11.7. The van der Waals surface area contributed by atoms with Crippen molar-refractivity contribution in [3.63, 3.8) is 0 Å². The molecule has 1 atom stereocenters. The zero-order chi connectivity index (χ0) is 22.1. The van der Waals surface area contributed by atoms with Crippen LogP contribution >= 0.6 is 0 Å². The fourth-order valence-electron chi connectivity index (χ4n) is 2.63. The van der Waals surface area contributed by atoms with E-state index in [0.717, 1.165) is 11.1 Å². The van der Waals surface area contributed by atoms with Crippen LogP contribution in [0.4, 0.5) is 4.79 Å². The van der Waals surface area contributed by atoms with Gasteiger partial charge in [0, 0.05) is 6.42 Å². The Balaban J connectivity index is 1.88. The minimum absolute atomic E-state index is 0.0906. The van der Waals surface area contributed by atoms with Gasteiger partial charge in [-0.25, -0.2) is 9.59 Å². The van der Waals surface area contributed by atoms with Gasteiger partial charge in [-0.3, -0.25) is 4.79 Å². The topological polar surface area (TPSA) is 102 Å². The van der Waals surface area contributed by atoms with Gasteiger partial charge < -0.3 is 19.9 Å². The van der Waals surface area contributed by atoms with Crippen molar-refractivity contribution in [2.24, 2.45) is 0 Å². The number of carboxylic acids is 1. The number of amides is 1. The summed E-state index contributed by atoms with van der Waals surface area (Å²) in [6, 6.07) is 15.2. The van der Waals surface area contributed by atoms with E-state index in [1.165, 1.54) is 0 Å². The van der Waals surface area contributed by atoms with E-state index in [-0.39, 0.29) is 25.4 Å². The molecule has 0 saturated heterocycles. The van der Waals surface area contributed by atoms with Crippen LogP contribution in [0.5, 0.6) is 0 Å². The smallest absolute Gasteiger partial charge is 0.408 e. The van der Waals surface area contributed by atoms with Gasteiger partial charge in [0.15, 0.2) is 0 Å². The Morgan fingerprint density at radius 2 is 1.53 bits per heavy atom. The fourth-order valence-corrected chi connectivity index (χ4v) is 2.63. The standard InChI is InChI=1S/C23H27NO6/c1-23(2,3)30-22(28)24-19(21(26)27)13-16-9-11-17(12-10-16)14-20(25)29-15-18-7-5-4-6-8-18/h4-12,19H,13-15H2,1-3H3,(H,24,28)(H,26,27)/t19-/m0/s1. The summed E-state index contributed by atoms with van der Waals surface area (Å²) in [5.41, 5.74) is 1.66. The normalized spacial score (nSPS) is 12.0. The lowest BCUT2D eigenvalue weighted by atomic mass is 10.0. The second kappa shape index (κ2) is 10.4. The van der Waals surface area contributed by atoms with Gasteiger partial charge in [0.1, 0.15) is 18.2 Å². The van der Waals surface area contributed by atoms with Crippen LogP contribution in [0.15, 0.2) is 54.6 Å². The predicted octanol–water partition coefficient (Wildman–Crippen LogP) is 3.49. The van der Waals surface area contributed by atoms with E-state index in [1.807, 2.05) is 30.3 Å². The van der Waals surface area contributed by atoms with Gasteiger partial charge in [0.05, 0.1) is 6.42 Å². The number of ether oxygens (including phenoxy) is 2. The van der Waals surface area contributed by atoms with Crippen LogP contribution in [0.25, 0.3) is 0 Å². The number of carbonyl (C=O) groups excluding carboxylic acids is 2. The Morgan fingerprint density at radius 1 is 0.933 bits per heavy atom. The van der Waals surface area contributed by atoms with E-state index in [9.17, 15) is 19.5 Å². The van der Waals surface area contributed by atoms with Crippen LogP contribution in [-0.2, 0) is 38.5 Å². The number of esters is 1. The van der Waals surface area contributed by atoms with Gasteiger partial charge >= 0.3 is 18.0 Å². The highest BCUT2D eigenvalue weighted by molar-refractivity contribution is 5.80. The monoisotopic (exact) mass is 413 g/mol. The molecule has 0 aliphatic heterocycles. The maximum Gasteiger partial charge on any atom is 0.408 e. The van der Waals surface area contributed by atoms with E-state index < -0.39 is 23.7 Å². The van der Waals surface area contributed by atoms with Gasteiger partial charge in [0.25, 0.3) is 0 Å². The lowest BCUT2D eigenvalue weighted by molar-refractivity contribution is -0.144. The zero-order valence-corrected chi connectivity index (χ0v) is 17.4. The van der Waals surface area contributed by atoms with Crippen molar-refractivity contribution in [2.45, 2.75) is 51.9 Å². The zero-order valence-electron chi connectivity index (χ0n) is 17.4. The summed E-state index contributed by atoms with van der Waals surface area (Å²) < 4.78 is 10.4. The summed E-state index contributed by atoms with van der Waals surface area (Å²) in [7, 11) is 0. The maximum absolute atomic E-state index is 12.0. The average molecular weight is 413 g/mol. The van der Waals surface area contributed by atoms with Crippen molar-refractivity contribution in [1.29, 1.82) is 0 Å². The number of nitrogens with one attached hydrogen (secondary N) is 1. The molecule has 2 aromatic carbocycles. The number of alkyl carbamates (subject to hydrolysis) is 1. The molecule has 7 heteroatoms. The molecule has 2 rings (SSSR count). The molecule has 0 bridgehead atoms. The first kappa shape index (κ1) is 22.9. The lowest BCUT2D eigenvalue weighted by Crippen LogP contribution is -2.44. The number of hydrogen-bond donors (Lipinski definition) is 2. The molecular weight excluding hydrogens is 386 g/mol. The average Bonchev–Trinajstić information content (AvgIpc) is 2.66. The molecule has 0 fully saturated rings. The molecule has 0 spiro atoms. The van der Waals surface area contributed by atoms with Crippen molar-refractivity contribution in [2.75, 3.05) is 0 Å². The fraction of sp³-hybridized carbons (Fsp3) is 0.348. The Bertz CT molecular complexity index is 856. The van der Waals surface area contributed by atoms with E-state index in [2.05, 4.69) is 5.32 Å². The lowest BCUT2D eigenvalue weighted by Gasteiger charge is -2.22. The molecule has 0 heterocycles. The largest absolute Gasteiger partial charge is 0.480 e. The summed E-state index contributed by atoms with van der Waals surface area (Å²) in [5.74, 6) is -1.50. The van der Waals surface area contributed by atoms with Crippen LogP contribution in [0.2, 0.25) is 0 Å². The third kappa shape index (κ3) is 8.34. The maximum atomic E-state index is 12.0. The quantitative estimate of drug-likeness (QED) is 0.643. The molecule has 0 saturated carbocycles. The van der Waals surface area contributed by atoms with Crippen LogP contribution in [0, 0.1) is 0 Å². The highest BCUT2D eigenvalue weighted by Gasteiger charge is 2.24. The Kier molecular flexibility index (Phi) is 7.98. The molecule has 30 heavy (non-hydrogen) atoms. The number of carbonyl (C=O) groups is 3. The molecule has 0 radical (unpaired) electrons. The minimum atomic E-state index is -1.16. The molecule has 0 unspecified atom stereocenters. The molecule has 1 amide bonds. The molecular formula is C23H27NO6. The third-order valence-corrected chi connectivity index (χ3v) is 4.04. The van der Waals surface area contributed by atoms with Crippen molar-refractivity contribution in [1.82, 2.24) is 5.32 Å². The van der Waals surface area contributed by atoms with Crippen LogP contribution in [0.3, 0.4) is 0 Å². The summed E-state index contributed by atoms with van der Waals surface area (Å²) in [6.45, 7) is 5.32. The van der Waals surface area contributed by atoms with Crippen LogP contribution in [0.1, 0.15) is 37.5 Å². The van der Waals surface area contributed by atoms with Gasteiger partial charge in [-0.05, 0) is 37.5 Å². The predicted molar refractivity (Wildman–Crippen MR) is 111 cm³/mol. The van der Waals surface area contributed by atoms with Gasteiger partial charge in [-0.15, -0.1) is 0 Å². The minimum Gasteiger partial charge on any atom is -0.480 e. The third-order valence-electron chi connectivity index (χ3n) is 4.04. The van der Waals surface area contributed by atoms with Crippen molar-refractivity contribution in [3.8, 4) is 0 Å². The Labute approximate surface area is 176 Å². The molecule has 0 aromatic heterocycles. The van der Waals surface area contributed by atoms with E-state index in [4.69, 9.17) is 9.47 Å². The van der Waals surface area contributed by atoms with Crippen molar-refractivity contribution >= 4 is 18.0 Å². The van der Waals surface area contributed by atoms with Gasteiger partial charge in [-0.2, -0.15) is 0 Å². The summed E-state index contributed by atoms with van der Waals surface area (Å²) in [4.78, 5) is 35.3. The first-order chi connectivity index (χ1) is 14.1. The molecule has 2 aromatic rings. The second-order valence-electron chi connectivity index (χ2n) is 7.88. The molecule has 0 aliphatic carbocycles. The van der Waals surface area contributed by atoms with E-state index >= 15 is 0 Å². The Hall–Kier alpha value is -3.35. The number of benzene rings is 2. The first-order valence-electron chi connectivity index (χ1n) is 9.62. The second-order valence-corrected chi connectivity index (χ2v) is 7.88. The number of carboxylic acid groups (broad SMARTS) is 1. The summed E-state index contributed by atoms with van der Waals surface area (Å²) in [6.07, 6.45) is -0.577. The summed E-state index contributed by atoms with van der Waals surface area (Å²) >= 11 is 0. The highest BCUT2D eigenvalue weighted by Crippen LogP contribution is 2.11. The number of hydrogen-bond acceptors (Lipinski definition) is 5. The molecule has 2 N–H and O–H groups in total. The van der Waals surface area contributed by atoms with Crippen LogP contribution < -0.4 is 5.32 Å². The number of rotatable bonds is 8. The van der Waals surface area contributed by atoms with Crippen molar-refractivity contribution < 1.29 is 29.0 Å². The molecule has 0 aliphatic rings. The molecule has 7 nitrogen and oxygen atoms in total. The Morgan fingerprint density at radius 3 is 2.10 bits per heavy atom. The molecule has 160 valence electrons.